The molecule has 0 aliphatic carbocycles. The molecule has 122 valence electrons. The maximum absolute atomic E-state index is 9.54. The minimum Gasteiger partial charge on any atom is -0.508 e. The molecule has 1 fully saturated rings. The lowest BCUT2D eigenvalue weighted by Crippen LogP contribution is -2.45. The average Bonchev–Trinajstić information content (AvgIpc) is 2.49. The molecule has 22 heavy (non-hydrogen) atoms. The summed E-state index contributed by atoms with van der Waals surface area (Å²) in [5, 5.41) is 15.3. The van der Waals surface area contributed by atoms with Gasteiger partial charge in [-0.25, -0.2) is 0 Å². The molecule has 1 atom stereocenters. The minimum absolute atomic E-state index is 0. The van der Waals surface area contributed by atoms with E-state index in [0.717, 1.165) is 38.0 Å². The van der Waals surface area contributed by atoms with Crippen molar-refractivity contribution >= 4 is 35.6 Å². The van der Waals surface area contributed by atoms with Gasteiger partial charge >= 0.3 is 0 Å². The summed E-state index contributed by atoms with van der Waals surface area (Å²) in [6.45, 7) is 6.65. The number of benzene rings is 2. The summed E-state index contributed by atoms with van der Waals surface area (Å²) in [5.41, 5.74) is 1.38. The molecule has 1 aliphatic heterocycles. The highest BCUT2D eigenvalue weighted by molar-refractivity contribution is 5.86. The van der Waals surface area contributed by atoms with Crippen LogP contribution >= 0.6 is 24.8 Å². The van der Waals surface area contributed by atoms with Gasteiger partial charge in [-0.1, -0.05) is 25.1 Å². The molecule has 1 saturated heterocycles. The average molecular weight is 343 g/mol. The molecular formula is C17H24Cl2N2O. The number of hydrogen-bond donors (Lipinski definition) is 2. The zero-order chi connectivity index (χ0) is 13.9. The third kappa shape index (κ3) is 4.05. The van der Waals surface area contributed by atoms with Gasteiger partial charge in [-0.3, -0.25) is 4.90 Å². The number of piperazine rings is 1. The highest BCUT2D eigenvalue weighted by Gasteiger charge is 2.20. The van der Waals surface area contributed by atoms with Crippen LogP contribution in [0.2, 0.25) is 0 Å². The monoisotopic (exact) mass is 342 g/mol. The van der Waals surface area contributed by atoms with Crippen molar-refractivity contribution in [2.75, 3.05) is 26.2 Å². The van der Waals surface area contributed by atoms with E-state index >= 15 is 0 Å². The van der Waals surface area contributed by atoms with Crippen molar-refractivity contribution in [2.24, 2.45) is 0 Å². The standard InChI is InChI=1S/C17H22N2O.2ClH/c1-2-17(19-9-7-18-8-10-19)15-4-3-14-12-16(20)6-5-13(14)11-15;;/h3-6,11-12,17-18,20H,2,7-10H2,1H3;2*1H/t17-;;/m0../s1. The Hall–Kier alpha value is -1.000. The molecule has 0 saturated carbocycles. The highest BCUT2D eigenvalue weighted by Crippen LogP contribution is 2.28. The Bertz CT molecular complexity index is 600. The first kappa shape index (κ1) is 19.0. The number of nitrogens with zero attached hydrogens (tertiary/aromatic N) is 1. The van der Waals surface area contributed by atoms with Crippen molar-refractivity contribution in [3.05, 3.63) is 42.0 Å². The fraction of sp³-hybridized carbons (Fsp3) is 0.412. The first-order chi connectivity index (χ1) is 9.78. The Kier molecular flexibility index (Phi) is 7.43. The number of aromatic hydroxyl groups is 1. The number of phenols is 1. The number of phenolic OH excluding ortho intramolecular Hbond substituents is 1. The molecule has 0 spiro atoms. The predicted molar refractivity (Wildman–Crippen MR) is 97.6 cm³/mol. The third-order valence-corrected chi connectivity index (χ3v) is 4.21. The van der Waals surface area contributed by atoms with E-state index in [2.05, 4.69) is 35.3 Å². The lowest BCUT2D eigenvalue weighted by atomic mass is 9.98. The van der Waals surface area contributed by atoms with Crippen LogP contribution in [0, 0.1) is 0 Å². The van der Waals surface area contributed by atoms with Crippen LogP contribution in [-0.2, 0) is 0 Å². The second-order valence-corrected chi connectivity index (χ2v) is 5.50. The lowest BCUT2D eigenvalue weighted by Gasteiger charge is -2.34. The van der Waals surface area contributed by atoms with Crippen molar-refractivity contribution in [3.63, 3.8) is 0 Å². The summed E-state index contributed by atoms with van der Waals surface area (Å²) in [5.74, 6) is 0.333. The molecular weight excluding hydrogens is 319 g/mol. The fourth-order valence-electron chi connectivity index (χ4n) is 3.16. The van der Waals surface area contributed by atoms with Gasteiger partial charge in [-0.05, 0) is 41.0 Å². The van der Waals surface area contributed by atoms with Gasteiger partial charge in [0, 0.05) is 32.2 Å². The Balaban J connectivity index is 0.00000121. The topological polar surface area (TPSA) is 35.5 Å². The molecule has 2 N–H and O–H groups in total. The summed E-state index contributed by atoms with van der Waals surface area (Å²) in [6.07, 6.45) is 1.13. The van der Waals surface area contributed by atoms with Gasteiger partial charge in [0.25, 0.3) is 0 Å². The van der Waals surface area contributed by atoms with E-state index in [4.69, 9.17) is 0 Å². The molecule has 0 bridgehead atoms. The zero-order valence-corrected chi connectivity index (χ0v) is 14.4. The van der Waals surface area contributed by atoms with Crippen molar-refractivity contribution in [3.8, 4) is 5.75 Å². The van der Waals surface area contributed by atoms with Crippen LogP contribution in [0.1, 0.15) is 24.9 Å². The smallest absolute Gasteiger partial charge is 0.116 e. The summed E-state index contributed by atoms with van der Waals surface area (Å²) in [7, 11) is 0. The van der Waals surface area contributed by atoms with Crippen LogP contribution in [0.4, 0.5) is 0 Å². The Morgan fingerprint density at radius 1 is 1.05 bits per heavy atom. The summed E-state index contributed by atoms with van der Waals surface area (Å²) < 4.78 is 0. The molecule has 1 heterocycles. The summed E-state index contributed by atoms with van der Waals surface area (Å²) in [6, 6.07) is 12.7. The van der Waals surface area contributed by atoms with Crippen LogP contribution in [0.15, 0.2) is 36.4 Å². The normalized spacial score (nSPS) is 16.6. The molecule has 0 unspecified atom stereocenters. The fourth-order valence-corrected chi connectivity index (χ4v) is 3.16. The van der Waals surface area contributed by atoms with E-state index in [-0.39, 0.29) is 24.8 Å². The van der Waals surface area contributed by atoms with E-state index in [0.29, 0.717) is 11.8 Å². The maximum Gasteiger partial charge on any atom is 0.116 e. The molecule has 3 nitrogen and oxygen atoms in total. The van der Waals surface area contributed by atoms with E-state index in [1.54, 1.807) is 6.07 Å². The second kappa shape index (κ2) is 8.59. The van der Waals surface area contributed by atoms with E-state index in [9.17, 15) is 5.11 Å². The lowest BCUT2D eigenvalue weighted by molar-refractivity contribution is 0.169. The SMILES string of the molecule is CC[C@@H](c1ccc2cc(O)ccc2c1)N1CCNCC1.Cl.Cl. The highest BCUT2D eigenvalue weighted by atomic mass is 35.5. The van der Waals surface area contributed by atoms with Crippen molar-refractivity contribution in [1.82, 2.24) is 10.2 Å². The van der Waals surface area contributed by atoms with Gasteiger partial charge in [-0.15, -0.1) is 24.8 Å². The number of fused-ring (bicyclic) bond motifs is 1. The molecule has 2 aromatic carbocycles. The molecule has 2 aromatic rings. The number of halogens is 2. The molecule has 5 heteroatoms. The van der Waals surface area contributed by atoms with Crippen LogP contribution in [-0.4, -0.2) is 36.2 Å². The molecule has 0 aromatic heterocycles. The van der Waals surface area contributed by atoms with Crippen molar-refractivity contribution in [2.45, 2.75) is 19.4 Å². The largest absolute Gasteiger partial charge is 0.508 e. The number of nitrogens with one attached hydrogen (secondary N) is 1. The van der Waals surface area contributed by atoms with Crippen LogP contribution in [0.5, 0.6) is 5.75 Å². The molecule has 1 aliphatic rings. The van der Waals surface area contributed by atoms with Gasteiger partial charge in [0.05, 0.1) is 0 Å². The van der Waals surface area contributed by atoms with Gasteiger partial charge in [-0.2, -0.15) is 0 Å². The predicted octanol–water partition coefficient (Wildman–Crippen LogP) is 3.75. The van der Waals surface area contributed by atoms with E-state index in [1.807, 2.05) is 12.1 Å². The summed E-state index contributed by atoms with van der Waals surface area (Å²) >= 11 is 0. The zero-order valence-electron chi connectivity index (χ0n) is 12.8. The molecule has 0 radical (unpaired) electrons. The third-order valence-electron chi connectivity index (χ3n) is 4.21. The van der Waals surface area contributed by atoms with Gasteiger partial charge < -0.3 is 10.4 Å². The van der Waals surface area contributed by atoms with Gasteiger partial charge in [0.15, 0.2) is 0 Å². The first-order valence-electron chi connectivity index (χ1n) is 7.45. The Morgan fingerprint density at radius 2 is 1.68 bits per heavy atom. The van der Waals surface area contributed by atoms with Gasteiger partial charge in [0.1, 0.15) is 5.75 Å². The quantitative estimate of drug-likeness (QED) is 0.891. The van der Waals surface area contributed by atoms with Crippen LogP contribution in [0.3, 0.4) is 0 Å². The van der Waals surface area contributed by atoms with Crippen molar-refractivity contribution < 1.29 is 5.11 Å². The molecule has 3 rings (SSSR count). The second-order valence-electron chi connectivity index (χ2n) is 5.50. The minimum atomic E-state index is 0. The van der Waals surface area contributed by atoms with Crippen LogP contribution in [0.25, 0.3) is 10.8 Å². The van der Waals surface area contributed by atoms with Crippen LogP contribution < -0.4 is 5.32 Å². The summed E-state index contributed by atoms with van der Waals surface area (Å²) in [4.78, 5) is 2.57. The number of rotatable bonds is 3. The first-order valence-corrected chi connectivity index (χ1v) is 7.45. The van der Waals surface area contributed by atoms with Crippen molar-refractivity contribution in [1.29, 1.82) is 0 Å². The maximum atomic E-state index is 9.54. The van der Waals surface area contributed by atoms with E-state index < -0.39 is 0 Å². The Morgan fingerprint density at radius 3 is 2.36 bits per heavy atom. The molecule has 0 amide bonds. The van der Waals surface area contributed by atoms with Gasteiger partial charge in [0.2, 0.25) is 0 Å². The Labute approximate surface area is 144 Å². The number of hydrogen-bond acceptors (Lipinski definition) is 3. The van der Waals surface area contributed by atoms with E-state index in [1.165, 1.54) is 10.9 Å².